The molecule has 0 aliphatic heterocycles. The van der Waals surface area contributed by atoms with Crippen LogP contribution in [0.5, 0.6) is 0 Å². The van der Waals surface area contributed by atoms with Gasteiger partial charge in [-0.25, -0.2) is 9.78 Å². The van der Waals surface area contributed by atoms with Crippen molar-refractivity contribution in [3.05, 3.63) is 12.0 Å². The van der Waals surface area contributed by atoms with Gasteiger partial charge in [-0.1, -0.05) is 13.8 Å². The van der Waals surface area contributed by atoms with Gasteiger partial charge in [0.1, 0.15) is 0 Å². The van der Waals surface area contributed by atoms with Crippen LogP contribution in [0.15, 0.2) is 6.33 Å². The van der Waals surface area contributed by atoms with E-state index in [0.29, 0.717) is 6.61 Å². The Bertz CT molecular complexity index is 258. The van der Waals surface area contributed by atoms with E-state index in [2.05, 4.69) is 14.7 Å². The number of aromatic amines is 1. The van der Waals surface area contributed by atoms with Crippen LogP contribution in [0.25, 0.3) is 0 Å². The Morgan fingerprint density at radius 2 is 2.31 bits per heavy atom. The molecule has 0 aliphatic carbocycles. The van der Waals surface area contributed by atoms with Crippen LogP contribution in [-0.2, 0) is 4.74 Å². The summed E-state index contributed by atoms with van der Waals surface area (Å²) in [5.41, 5.74) is 5.54. The number of hydrogen-bond acceptors (Lipinski definition) is 4. The van der Waals surface area contributed by atoms with Gasteiger partial charge >= 0.3 is 5.97 Å². The van der Waals surface area contributed by atoms with Crippen LogP contribution in [0.4, 0.5) is 5.82 Å². The van der Waals surface area contributed by atoms with E-state index in [0.717, 1.165) is 0 Å². The van der Waals surface area contributed by atoms with E-state index < -0.39 is 5.97 Å². The SMILES string of the molecule is CC.CCOC(=O)c1[nH]cnc1N. The first-order valence-electron chi connectivity index (χ1n) is 4.21. The third kappa shape index (κ3) is 3.14. The molecular formula is C8H15N3O2. The van der Waals surface area contributed by atoms with Crippen LogP contribution >= 0.6 is 0 Å². The van der Waals surface area contributed by atoms with Crippen LogP contribution in [0.2, 0.25) is 0 Å². The van der Waals surface area contributed by atoms with Gasteiger partial charge in [0.05, 0.1) is 12.9 Å². The zero-order chi connectivity index (χ0) is 10.3. The summed E-state index contributed by atoms with van der Waals surface area (Å²) in [4.78, 5) is 17.2. The maximum atomic E-state index is 11.0. The molecule has 3 N–H and O–H groups in total. The van der Waals surface area contributed by atoms with E-state index in [4.69, 9.17) is 5.73 Å². The Kier molecular flexibility index (Phi) is 5.34. The van der Waals surface area contributed by atoms with E-state index in [1.54, 1.807) is 6.92 Å². The number of hydrogen-bond donors (Lipinski definition) is 2. The summed E-state index contributed by atoms with van der Waals surface area (Å²) in [6.45, 7) is 6.06. The molecule has 0 saturated heterocycles. The topological polar surface area (TPSA) is 81.0 Å². The Hall–Kier alpha value is -1.52. The van der Waals surface area contributed by atoms with Crippen LogP contribution < -0.4 is 5.73 Å². The van der Waals surface area contributed by atoms with Crippen molar-refractivity contribution in [1.29, 1.82) is 0 Å². The Labute approximate surface area is 77.3 Å². The number of nitrogens with one attached hydrogen (secondary N) is 1. The first-order chi connectivity index (χ1) is 6.25. The molecule has 0 atom stereocenters. The first-order valence-corrected chi connectivity index (χ1v) is 4.21. The van der Waals surface area contributed by atoms with Crippen molar-refractivity contribution in [2.24, 2.45) is 0 Å². The van der Waals surface area contributed by atoms with Crippen LogP contribution in [0.3, 0.4) is 0 Å². The molecular weight excluding hydrogens is 170 g/mol. The van der Waals surface area contributed by atoms with Crippen LogP contribution in [0.1, 0.15) is 31.3 Å². The molecule has 1 aromatic heterocycles. The van der Waals surface area contributed by atoms with Gasteiger partial charge in [-0.3, -0.25) is 0 Å². The highest BCUT2D eigenvalue weighted by Gasteiger charge is 2.11. The third-order valence-electron chi connectivity index (χ3n) is 1.15. The van der Waals surface area contributed by atoms with Crippen LogP contribution in [0, 0.1) is 0 Å². The number of carbonyl (C=O) groups is 1. The second-order valence-corrected chi connectivity index (χ2v) is 1.88. The minimum Gasteiger partial charge on any atom is -0.461 e. The lowest BCUT2D eigenvalue weighted by molar-refractivity contribution is 0.0521. The Morgan fingerprint density at radius 1 is 1.69 bits per heavy atom. The van der Waals surface area contributed by atoms with Crippen molar-refractivity contribution in [1.82, 2.24) is 9.97 Å². The van der Waals surface area contributed by atoms with Gasteiger partial charge in [0.2, 0.25) is 0 Å². The highest BCUT2D eigenvalue weighted by molar-refractivity contribution is 5.91. The van der Waals surface area contributed by atoms with Gasteiger partial charge in [-0.05, 0) is 6.92 Å². The van der Waals surface area contributed by atoms with E-state index in [1.807, 2.05) is 13.8 Å². The number of nitrogens with zero attached hydrogens (tertiary/aromatic N) is 1. The van der Waals surface area contributed by atoms with Gasteiger partial charge in [-0.2, -0.15) is 0 Å². The summed E-state index contributed by atoms with van der Waals surface area (Å²) in [5, 5.41) is 0. The number of ether oxygens (including phenoxy) is 1. The lowest BCUT2D eigenvalue weighted by atomic mass is 10.4. The molecule has 74 valence electrons. The first kappa shape index (κ1) is 11.5. The van der Waals surface area contributed by atoms with Crippen molar-refractivity contribution >= 4 is 11.8 Å². The fraction of sp³-hybridized carbons (Fsp3) is 0.500. The minimum absolute atomic E-state index is 0.170. The zero-order valence-electron chi connectivity index (χ0n) is 8.13. The van der Waals surface area contributed by atoms with Crippen molar-refractivity contribution in [2.45, 2.75) is 20.8 Å². The van der Waals surface area contributed by atoms with Gasteiger partial charge in [0.15, 0.2) is 11.5 Å². The van der Waals surface area contributed by atoms with Crippen molar-refractivity contribution in [3.63, 3.8) is 0 Å². The molecule has 0 aliphatic rings. The highest BCUT2D eigenvalue weighted by Crippen LogP contribution is 2.04. The zero-order valence-corrected chi connectivity index (χ0v) is 8.13. The molecule has 0 fully saturated rings. The quantitative estimate of drug-likeness (QED) is 0.678. The molecule has 0 saturated carbocycles. The molecule has 0 bridgehead atoms. The largest absolute Gasteiger partial charge is 0.461 e. The molecule has 1 heterocycles. The molecule has 0 unspecified atom stereocenters. The maximum Gasteiger partial charge on any atom is 0.358 e. The van der Waals surface area contributed by atoms with Gasteiger partial charge in [0, 0.05) is 0 Å². The van der Waals surface area contributed by atoms with Crippen LogP contribution in [-0.4, -0.2) is 22.5 Å². The molecule has 0 amide bonds. The summed E-state index contributed by atoms with van der Waals surface area (Å²) in [5.74, 6) is -0.300. The molecule has 0 aromatic carbocycles. The highest BCUT2D eigenvalue weighted by atomic mass is 16.5. The molecule has 5 nitrogen and oxygen atoms in total. The van der Waals surface area contributed by atoms with Crippen molar-refractivity contribution < 1.29 is 9.53 Å². The van der Waals surface area contributed by atoms with Gasteiger partial charge < -0.3 is 15.5 Å². The van der Waals surface area contributed by atoms with Gasteiger partial charge in [0.25, 0.3) is 0 Å². The maximum absolute atomic E-state index is 11.0. The third-order valence-corrected chi connectivity index (χ3v) is 1.15. The number of nitrogens with two attached hydrogens (primary N) is 1. The molecule has 1 aromatic rings. The average Bonchev–Trinajstić information content (AvgIpc) is 2.55. The number of anilines is 1. The van der Waals surface area contributed by atoms with Gasteiger partial charge in [-0.15, -0.1) is 0 Å². The molecule has 1 rings (SSSR count). The summed E-state index contributed by atoms with van der Waals surface area (Å²) in [6, 6.07) is 0. The molecule has 0 radical (unpaired) electrons. The molecule has 5 heteroatoms. The van der Waals surface area contributed by atoms with Crippen molar-refractivity contribution in [2.75, 3.05) is 12.3 Å². The normalized spacial score (nSPS) is 8.54. The predicted molar refractivity (Wildman–Crippen MR) is 50.3 cm³/mol. The van der Waals surface area contributed by atoms with Crippen molar-refractivity contribution in [3.8, 4) is 0 Å². The smallest absolute Gasteiger partial charge is 0.358 e. The fourth-order valence-electron chi connectivity index (χ4n) is 0.672. The standard InChI is InChI=1S/C6H9N3O2.C2H6/c1-2-11-6(10)4-5(7)9-3-8-4;1-2/h3H,2,7H2,1H3,(H,8,9);1-2H3. The number of rotatable bonds is 2. The number of imidazole rings is 1. The van der Waals surface area contributed by atoms with E-state index in [1.165, 1.54) is 6.33 Å². The summed E-state index contributed by atoms with van der Waals surface area (Å²) < 4.78 is 4.68. The lowest BCUT2D eigenvalue weighted by Gasteiger charge is -1.97. The summed E-state index contributed by atoms with van der Waals surface area (Å²) >= 11 is 0. The van der Waals surface area contributed by atoms with E-state index >= 15 is 0 Å². The fourth-order valence-corrected chi connectivity index (χ4v) is 0.672. The predicted octanol–water partition coefficient (Wildman–Crippen LogP) is 1.19. The second kappa shape index (κ2) is 6.05. The number of carbonyl (C=O) groups excluding carboxylic acids is 1. The lowest BCUT2D eigenvalue weighted by Crippen LogP contribution is -2.07. The van der Waals surface area contributed by atoms with E-state index in [9.17, 15) is 4.79 Å². The Balaban J connectivity index is 0.000000671. The monoisotopic (exact) mass is 185 g/mol. The summed E-state index contributed by atoms with van der Waals surface area (Å²) in [6.07, 6.45) is 1.35. The average molecular weight is 185 g/mol. The summed E-state index contributed by atoms with van der Waals surface area (Å²) in [7, 11) is 0. The number of H-pyrrole nitrogens is 1. The molecule has 0 spiro atoms. The Morgan fingerprint density at radius 3 is 2.69 bits per heavy atom. The van der Waals surface area contributed by atoms with E-state index in [-0.39, 0.29) is 11.5 Å². The second-order valence-electron chi connectivity index (χ2n) is 1.88. The number of esters is 1. The number of aromatic nitrogens is 2. The minimum atomic E-state index is -0.470. The molecule has 13 heavy (non-hydrogen) atoms. The number of nitrogen functional groups attached to an aromatic ring is 1.